The van der Waals surface area contributed by atoms with E-state index < -0.39 is 18.0 Å². The van der Waals surface area contributed by atoms with Crippen LogP contribution in [0.15, 0.2) is 0 Å². The number of Topliss-reactive ketones (excluding diaryl/α,β-unsaturated/α-hetero) is 1. The van der Waals surface area contributed by atoms with Gasteiger partial charge in [0.15, 0.2) is 0 Å². The monoisotopic (exact) mass is 258 g/mol. The van der Waals surface area contributed by atoms with Crippen molar-refractivity contribution in [2.24, 2.45) is 5.92 Å². The van der Waals surface area contributed by atoms with Crippen LogP contribution < -0.4 is 0 Å². The van der Waals surface area contributed by atoms with E-state index in [1.165, 1.54) is 14.0 Å². The first-order valence-electron chi connectivity index (χ1n) is 5.91. The second kappa shape index (κ2) is 6.37. The van der Waals surface area contributed by atoms with Crippen LogP contribution in [0.4, 0.5) is 4.79 Å². The minimum absolute atomic E-state index is 0.181. The van der Waals surface area contributed by atoms with Crippen molar-refractivity contribution in [1.29, 1.82) is 0 Å². The molecule has 1 fully saturated rings. The maximum atomic E-state index is 11.7. The molecule has 0 spiro atoms. The highest BCUT2D eigenvalue weighted by Gasteiger charge is 2.29. The number of carbonyl (C=O) groups excluding carboxylic acids is 3. The lowest BCUT2D eigenvalue weighted by atomic mass is 9.98. The summed E-state index contributed by atoms with van der Waals surface area (Å²) in [5.74, 6) is -1.53. The number of ketones is 1. The van der Waals surface area contributed by atoms with Gasteiger partial charge < -0.3 is 14.2 Å². The Labute approximate surface area is 106 Å². The van der Waals surface area contributed by atoms with Crippen molar-refractivity contribution in [2.45, 2.75) is 45.3 Å². The molecule has 1 aliphatic rings. The van der Waals surface area contributed by atoms with Crippen LogP contribution in [0.3, 0.4) is 0 Å². The molecule has 102 valence electrons. The summed E-state index contributed by atoms with van der Waals surface area (Å²) in [5, 5.41) is 0. The average molecular weight is 258 g/mol. The maximum absolute atomic E-state index is 11.7. The number of methoxy groups -OCH3 is 1. The van der Waals surface area contributed by atoms with Gasteiger partial charge in [-0.1, -0.05) is 0 Å². The van der Waals surface area contributed by atoms with Crippen LogP contribution >= 0.6 is 0 Å². The Balaban J connectivity index is 2.38. The normalized spacial score (nSPS) is 24.7. The van der Waals surface area contributed by atoms with E-state index >= 15 is 0 Å². The van der Waals surface area contributed by atoms with Gasteiger partial charge in [0.2, 0.25) is 0 Å². The van der Waals surface area contributed by atoms with E-state index in [9.17, 15) is 14.4 Å². The van der Waals surface area contributed by atoms with Crippen molar-refractivity contribution < 1.29 is 28.6 Å². The van der Waals surface area contributed by atoms with Gasteiger partial charge in [-0.25, -0.2) is 4.79 Å². The van der Waals surface area contributed by atoms with Gasteiger partial charge in [0.05, 0.1) is 7.11 Å². The summed E-state index contributed by atoms with van der Waals surface area (Å²) in [5.41, 5.74) is 0. The van der Waals surface area contributed by atoms with Crippen LogP contribution in [0, 0.1) is 5.92 Å². The Bertz CT molecular complexity index is 337. The van der Waals surface area contributed by atoms with Gasteiger partial charge in [0.1, 0.15) is 23.9 Å². The van der Waals surface area contributed by atoms with E-state index in [2.05, 4.69) is 4.74 Å². The highest BCUT2D eigenvalue weighted by atomic mass is 16.7. The molecular weight excluding hydrogens is 240 g/mol. The number of hydrogen-bond donors (Lipinski definition) is 0. The van der Waals surface area contributed by atoms with Gasteiger partial charge in [0.25, 0.3) is 0 Å². The highest BCUT2D eigenvalue weighted by molar-refractivity contribution is 5.98. The van der Waals surface area contributed by atoms with Crippen molar-refractivity contribution >= 4 is 17.9 Å². The zero-order valence-corrected chi connectivity index (χ0v) is 10.8. The van der Waals surface area contributed by atoms with Crippen LogP contribution in [-0.2, 0) is 23.8 Å². The molecule has 18 heavy (non-hydrogen) atoms. The molecule has 0 aromatic rings. The molecular formula is C12H18O6. The lowest BCUT2D eigenvalue weighted by Crippen LogP contribution is -2.33. The Morgan fingerprint density at radius 1 is 1.44 bits per heavy atom. The molecule has 0 aliphatic carbocycles. The number of carbonyl (C=O) groups is 3. The summed E-state index contributed by atoms with van der Waals surface area (Å²) in [4.78, 5) is 33.9. The van der Waals surface area contributed by atoms with Gasteiger partial charge in [-0.15, -0.1) is 0 Å². The molecule has 1 aliphatic heterocycles. The zero-order valence-electron chi connectivity index (χ0n) is 10.8. The molecule has 0 saturated carbocycles. The van der Waals surface area contributed by atoms with Gasteiger partial charge in [0, 0.05) is 12.8 Å². The molecule has 0 bridgehead atoms. The summed E-state index contributed by atoms with van der Waals surface area (Å²) >= 11 is 0. The van der Waals surface area contributed by atoms with E-state index in [1.807, 2.05) is 0 Å². The van der Waals surface area contributed by atoms with Crippen LogP contribution in [0.2, 0.25) is 0 Å². The number of hydrogen-bond acceptors (Lipinski definition) is 6. The van der Waals surface area contributed by atoms with Gasteiger partial charge in [-0.05, 0) is 20.3 Å². The highest BCUT2D eigenvalue weighted by Crippen LogP contribution is 2.19. The van der Waals surface area contributed by atoms with E-state index in [0.717, 1.165) is 0 Å². The molecule has 6 heteroatoms. The van der Waals surface area contributed by atoms with Crippen molar-refractivity contribution in [1.82, 2.24) is 0 Å². The van der Waals surface area contributed by atoms with Gasteiger partial charge in [-0.3, -0.25) is 9.59 Å². The van der Waals surface area contributed by atoms with E-state index in [0.29, 0.717) is 12.8 Å². The predicted octanol–water partition coefficient (Wildman–Crippen LogP) is 1.46. The molecule has 1 saturated heterocycles. The smallest absolute Gasteiger partial charge is 0.468 e. The lowest BCUT2D eigenvalue weighted by molar-refractivity contribution is -0.149. The second-order valence-electron chi connectivity index (χ2n) is 4.40. The largest absolute Gasteiger partial charge is 0.508 e. The first kappa shape index (κ1) is 14.5. The fourth-order valence-corrected chi connectivity index (χ4v) is 1.80. The second-order valence-corrected chi connectivity index (χ2v) is 4.40. The summed E-state index contributed by atoms with van der Waals surface area (Å²) in [6.07, 6.45) is -0.0850. The summed E-state index contributed by atoms with van der Waals surface area (Å²) in [6, 6.07) is 0. The van der Waals surface area contributed by atoms with Crippen molar-refractivity contribution in [3.05, 3.63) is 0 Å². The SMILES string of the molecule is COC(=O)C(C)C(=O)CC[C@H]1C[C@@H](C)OC(=O)O1. The molecule has 1 unspecified atom stereocenters. The van der Waals surface area contributed by atoms with Crippen LogP contribution in [0.1, 0.15) is 33.1 Å². The van der Waals surface area contributed by atoms with Gasteiger partial charge >= 0.3 is 12.1 Å². The summed E-state index contributed by atoms with van der Waals surface area (Å²) < 4.78 is 14.2. The number of ether oxygens (including phenoxy) is 3. The molecule has 0 N–H and O–H groups in total. The molecule has 1 rings (SSSR count). The van der Waals surface area contributed by atoms with E-state index in [1.54, 1.807) is 6.92 Å². The summed E-state index contributed by atoms with van der Waals surface area (Å²) in [7, 11) is 1.24. The Morgan fingerprint density at radius 3 is 2.67 bits per heavy atom. The van der Waals surface area contributed by atoms with E-state index in [-0.39, 0.29) is 24.4 Å². The fourth-order valence-electron chi connectivity index (χ4n) is 1.80. The minimum atomic E-state index is -0.775. The first-order chi connectivity index (χ1) is 8.43. The topological polar surface area (TPSA) is 78.9 Å². The quantitative estimate of drug-likeness (QED) is 0.548. The minimum Gasteiger partial charge on any atom is -0.468 e. The van der Waals surface area contributed by atoms with Crippen LogP contribution in [0.5, 0.6) is 0 Å². The lowest BCUT2D eigenvalue weighted by Gasteiger charge is -2.26. The van der Waals surface area contributed by atoms with Crippen molar-refractivity contribution in [3.63, 3.8) is 0 Å². The molecule has 0 amide bonds. The van der Waals surface area contributed by atoms with Crippen molar-refractivity contribution in [2.75, 3.05) is 7.11 Å². The Morgan fingerprint density at radius 2 is 2.11 bits per heavy atom. The van der Waals surface area contributed by atoms with Crippen molar-refractivity contribution in [3.8, 4) is 0 Å². The maximum Gasteiger partial charge on any atom is 0.508 e. The molecule has 0 aromatic carbocycles. The molecule has 0 aromatic heterocycles. The number of rotatable bonds is 5. The van der Waals surface area contributed by atoms with Gasteiger partial charge in [-0.2, -0.15) is 0 Å². The predicted molar refractivity (Wildman–Crippen MR) is 60.9 cm³/mol. The molecule has 6 nitrogen and oxygen atoms in total. The summed E-state index contributed by atoms with van der Waals surface area (Å²) in [6.45, 7) is 3.28. The third-order valence-corrected chi connectivity index (χ3v) is 2.91. The third kappa shape index (κ3) is 4.01. The fraction of sp³-hybridized carbons (Fsp3) is 0.750. The molecule has 3 atom stereocenters. The Hall–Kier alpha value is -1.59. The molecule has 1 heterocycles. The van der Waals surface area contributed by atoms with Crippen LogP contribution in [0.25, 0.3) is 0 Å². The average Bonchev–Trinajstić information content (AvgIpc) is 2.32. The third-order valence-electron chi connectivity index (χ3n) is 2.91. The first-order valence-corrected chi connectivity index (χ1v) is 5.91. The zero-order chi connectivity index (χ0) is 13.7. The standard InChI is InChI=1S/C12H18O6/c1-7-6-9(18-12(15)17-7)4-5-10(13)8(2)11(14)16-3/h7-9H,4-6H2,1-3H3/t7-,8?,9+/m1/s1. The molecule has 0 radical (unpaired) electrons. The van der Waals surface area contributed by atoms with E-state index in [4.69, 9.17) is 9.47 Å². The Kier molecular flexibility index (Phi) is 5.12. The number of esters is 1. The van der Waals surface area contributed by atoms with Crippen LogP contribution in [-0.4, -0.2) is 37.2 Å². The number of cyclic esters (lactones) is 2.